The van der Waals surface area contributed by atoms with E-state index in [2.05, 4.69) is 0 Å². The molecular weight excluding hydrogens is 258 g/mol. The highest BCUT2D eigenvalue weighted by atomic mass is 16.5. The van der Waals surface area contributed by atoms with E-state index in [1.54, 1.807) is 30.0 Å². The smallest absolute Gasteiger partial charge is 0.311 e. The Morgan fingerprint density at radius 3 is 2.70 bits per heavy atom. The molecule has 1 heterocycles. The molecule has 1 aliphatic heterocycles. The van der Waals surface area contributed by atoms with Crippen LogP contribution in [-0.4, -0.2) is 41.6 Å². The molecule has 108 valence electrons. The van der Waals surface area contributed by atoms with Crippen molar-refractivity contribution < 1.29 is 19.4 Å². The first kappa shape index (κ1) is 14.4. The van der Waals surface area contributed by atoms with E-state index in [0.29, 0.717) is 30.9 Å². The number of carbonyl (C=O) groups is 2. The highest BCUT2D eigenvalue weighted by Crippen LogP contribution is 2.32. The van der Waals surface area contributed by atoms with E-state index in [9.17, 15) is 14.7 Å². The third kappa shape index (κ3) is 2.61. The summed E-state index contributed by atoms with van der Waals surface area (Å²) >= 11 is 0. The largest absolute Gasteiger partial charge is 0.493 e. The number of nitrogens with zero attached hydrogens (tertiary/aromatic N) is 1. The van der Waals surface area contributed by atoms with Gasteiger partial charge in [-0.05, 0) is 32.4 Å². The first-order valence-corrected chi connectivity index (χ1v) is 6.72. The molecule has 1 aromatic rings. The maximum atomic E-state index is 12.5. The topological polar surface area (TPSA) is 66.8 Å². The number of aliphatic carboxylic acids is 1. The maximum absolute atomic E-state index is 12.5. The van der Waals surface area contributed by atoms with Crippen LogP contribution >= 0.6 is 0 Å². The molecule has 1 amide bonds. The molecule has 20 heavy (non-hydrogen) atoms. The number of carboxylic acid groups (broad SMARTS) is 1. The Morgan fingerprint density at radius 2 is 2.10 bits per heavy atom. The Hall–Kier alpha value is -2.04. The van der Waals surface area contributed by atoms with E-state index in [-0.39, 0.29) is 12.5 Å². The number of ether oxygens (including phenoxy) is 1. The molecule has 0 radical (unpaired) electrons. The molecule has 5 heteroatoms. The zero-order chi connectivity index (χ0) is 14.8. The molecule has 1 saturated heterocycles. The summed E-state index contributed by atoms with van der Waals surface area (Å²) in [5.74, 6) is -0.478. The number of hydrogen-bond donors (Lipinski definition) is 1. The van der Waals surface area contributed by atoms with Gasteiger partial charge in [-0.1, -0.05) is 12.1 Å². The first-order chi connectivity index (χ1) is 9.48. The molecular formula is C15H19NO4. The predicted molar refractivity (Wildman–Crippen MR) is 73.9 cm³/mol. The van der Waals surface area contributed by atoms with Crippen molar-refractivity contribution in [1.29, 1.82) is 0 Å². The van der Waals surface area contributed by atoms with Crippen LogP contribution in [0.3, 0.4) is 0 Å². The summed E-state index contributed by atoms with van der Waals surface area (Å²) in [7, 11) is 0. The molecule has 0 aliphatic carbocycles. The SMILES string of the molecule is CCOc1ccccc1C(=O)N1CCC(C)(C(=O)O)C1. The molecule has 0 bridgehead atoms. The predicted octanol–water partition coefficient (Wildman–Crippen LogP) is 2.02. The lowest BCUT2D eigenvalue weighted by molar-refractivity contribution is -0.147. The Labute approximate surface area is 118 Å². The lowest BCUT2D eigenvalue weighted by Crippen LogP contribution is -2.35. The highest BCUT2D eigenvalue weighted by Gasteiger charge is 2.42. The normalized spacial score (nSPS) is 21.8. The highest BCUT2D eigenvalue weighted by molar-refractivity contribution is 5.97. The maximum Gasteiger partial charge on any atom is 0.311 e. The average Bonchev–Trinajstić information content (AvgIpc) is 2.83. The van der Waals surface area contributed by atoms with Crippen molar-refractivity contribution >= 4 is 11.9 Å². The summed E-state index contributed by atoms with van der Waals surface area (Å²) in [5, 5.41) is 9.22. The number of hydrogen-bond acceptors (Lipinski definition) is 3. The molecule has 0 saturated carbocycles. The van der Waals surface area contributed by atoms with E-state index in [1.165, 1.54) is 0 Å². The minimum Gasteiger partial charge on any atom is -0.493 e. The zero-order valence-electron chi connectivity index (χ0n) is 11.8. The van der Waals surface area contributed by atoms with Crippen molar-refractivity contribution in [2.24, 2.45) is 5.41 Å². The fraction of sp³-hybridized carbons (Fsp3) is 0.467. The summed E-state index contributed by atoms with van der Waals surface area (Å²) in [6.45, 7) is 4.72. The van der Waals surface area contributed by atoms with E-state index in [0.717, 1.165) is 0 Å². The van der Waals surface area contributed by atoms with E-state index in [1.807, 2.05) is 13.0 Å². The van der Waals surface area contributed by atoms with Gasteiger partial charge in [0.05, 0.1) is 17.6 Å². The second kappa shape index (κ2) is 5.53. The van der Waals surface area contributed by atoms with Gasteiger partial charge in [-0.2, -0.15) is 0 Å². The molecule has 1 aliphatic rings. The van der Waals surface area contributed by atoms with Crippen LogP contribution in [0.4, 0.5) is 0 Å². The van der Waals surface area contributed by atoms with E-state index in [4.69, 9.17) is 4.74 Å². The second-order valence-electron chi connectivity index (χ2n) is 5.27. The molecule has 1 atom stereocenters. The standard InChI is InChI=1S/C15H19NO4/c1-3-20-12-7-5-4-6-11(12)13(17)16-9-8-15(2,10-16)14(18)19/h4-7H,3,8-10H2,1-2H3,(H,18,19). The fourth-order valence-corrected chi connectivity index (χ4v) is 2.40. The van der Waals surface area contributed by atoms with Crippen LogP contribution in [-0.2, 0) is 4.79 Å². The van der Waals surface area contributed by atoms with Gasteiger partial charge in [0.15, 0.2) is 0 Å². The summed E-state index contributed by atoms with van der Waals surface area (Å²) in [6.07, 6.45) is 0.477. The van der Waals surface area contributed by atoms with Gasteiger partial charge in [0.25, 0.3) is 5.91 Å². The monoisotopic (exact) mass is 277 g/mol. The number of benzene rings is 1. The number of likely N-dealkylation sites (tertiary alicyclic amines) is 1. The second-order valence-corrected chi connectivity index (χ2v) is 5.27. The van der Waals surface area contributed by atoms with Gasteiger partial charge < -0.3 is 14.7 Å². The van der Waals surface area contributed by atoms with Crippen LogP contribution in [0.1, 0.15) is 30.6 Å². The summed E-state index contributed by atoms with van der Waals surface area (Å²) in [5.41, 5.74) is -0.361. The van der Waals surface area contributed by atoms with Crippen LogP contribution in [0.5, 0.6) is 5.75 Å². The lowest BCUT2D eigenvalue weighted by atomic mass is 9.90. The Morgan fingerprint density at radius 1 is 1.40 bits per heavy atom. The number of rotatable bonds is 4. The van der Waals surface area contributed by atoms with Crippen molar-refractivity contribution in [3.63, 3.8) is 0 Å². The number of carboxylic acids is 1. The molecule has 5 nitrogen and oxygen atoms in total. The minimum absolute atomic E-state index is 0.168. The quantitative estimate of drug-likeness (QED) is 0.914. The Kier molecular flexibility index (Phi) is 3.97. The van der Waals surface area contributed by atoms with Crippen molar-refractivity contribution in [2.45, 2.75) is 20.3 Å². The van der Waals surface area contributed by atoms with Crippen LogP contribution in [0.25, 0.3) is 0 Å². The van der Waals surface area contributed by atoms with Crippen molar-refractivity contribution in [3.05, 3.63) is 29.8 Å². The van der Waals surface area contributed by atoms with Gasteiger partial charge in [-0.25, -0.2) is 0 Å². The number of amides is 1. The van der Waals surface area contributed by atoms with Gasteiger partial charge >= 0.3 is 5.97 Å². The van der Waals surface area contributed by atoms with Crippen LogP contribution in [0.15, 0.2) is 24.3 Å². The third-order valence-electron chi connectivity index (χ3n) is 3.69. The van der Waals surface area contributed by atoms with Gasteiger partial charge in [0.1, 0.15) is 5.75 Å². The molecule has 1 fully saturated rings. The summed E-state index contributed by atoms with van der Waals surface area (Å²) in [4.78, 5) is 25.3. The van der Waals surface area contributed by atoms with Crippen LogP contribution < -0.4 is 4.74 Å². The van der Waals surface area contributed by atoms with E-state index < -0.39 is 11.4 Å². The molecule has 0 spiro atoms. The summed E-state index contributed by atoms with van der Waals surface area (Å²) in [6, 6.07) is 7.06. The third-order valence-corrected chi connectivity index (χ3v) is 3.69. The average molecular weight is 277 g/mol. The van der Waals surface area contributed by atoms with Gasteiger partial charge in [-0.3, -0.25) is 9.59 Å². The molecule has 0 aromatic heterocycles. The van der Waals surface area contributed by atoms with Gasteiger partial charge in [0, 0.05) is 13.1 Å². The number of para-hydroxylation sites is 1. The fourth-order valence-electron chi connectivity index (χ4n) is 2.40. The van der Waals surface area contributed by atoms with Gasteiger partial charge in [0.2, 0.25) is 0 Å². The number of carbonyl (C=O) groups excluding carboxylic acids is 1. The van der Waals surface area contributed by atoms with Crippen molar-refractivity contribution in [2.75, 3.05) is 19.7 Å². The Bertz CT molecular complexity index is 528. The van der Waals surface area contributed by atoms with Crippen LogP contribution in [0, 0.1) is 5.41 Å². The lowest BCUT2D eigenvalue weighted by Gasteiger charge is -2.21. The Balaban J connectivity index is 2.19. The zero-order valence-corrected chi connectivity index (χ0v) is 11.8. The van der Waals surface area contributed by atoms with Gasteiger partial charge in [-0.15, -0.1) is 0 Å². The van der Waals surface area contributed by atoms with Crippen molar-refractivity contribution in [1.82, 2.24) is 4.90 Å². The molecule has 1 unspecified atom stereocenters. The molecule has 2 rings (SSSR count). The van der Waals surface area contributed by atoms with Crippen molar-refractivity contribution in [3.8, 4) is 5.75 Å². The molecule has 1 aromatic carbocycles. The van der Waals surface area contributed by atoms with E-state index >= 15 is 0 Å². The van der Waals surface area contributed by atoms with Crippen LogP contribution in [0.2, 0.25) is 0 Å². The first-order valence-electron chi connectivity index (χ1n) is 6.72. The summed E-state index contributed by atoms with van der Waals surface area (Å²) < 4.78 is 5.45. The molecule has 1 N–H and O–H groups in total. The minimum atomic E-state index is -0.856.